The first kappa shape index (κ1) is 9.47. The highest BCUT2D eigenvalue weighted by atomic mass is 16.9. The third-order valence-corrected chi connectivity index (χ3v) is 3.58. The van der Waals surface area contributed by atoms with Crippen LogP contribution < -0.4 is 0 Å². The predicted octanol–water partition coefficient (Wildman–Crippen LogP) is 2.78. The highest BCUT2D eigenvalue weighted by molar-refractivity contribution is 4.90. The van der Waals surface area contributed by atoms with Crippen LogP contribution in [0.25, 0.3) is 0 Å². The number of hydrogen-bond acceptors (Lipinski definition) is 2. The Kier molecular flexibility index (Phi) is 2.37. The van der Waals surface area contributed by atoms with Crippen molar-refractivity contribution in [2.45, 2.75) is 45.8 Å². The van der Waals surface area contributed by atoms with Gasteiger partial charge in [0.25, 0.3) is 0 Å². The average Bonchev–Trinajstić information content (AvgIpc) is 2.00. The number of ether oxygens (including phenoxy) is 2. The van der Waals surface area contributed by atoms with Gasteiger partial charge in [0.15, 0.2) is 12.6 Å². The standard InChI is InChI=1S/C11H20O2/c1-8(2)10-5-4-9(3)6-11(10)12-7-13-11/h8-10H,4-7H2,1-3H3. The Morgan fingerprint density at radius 1 is 1.23 bits per heavy atom. The second-order valence-corrected chi connectivity index (χ2v) is 4.96. The Morgan fingerprint density at radius 3 is 2.38 bits per heavy atom. The third kappa shape index (κ3) is 1.50. The molecule has 2 nitrogen and oxygen atoms in total. The van der Waals surface area contributed by atoms with Gasteiger partial charge in [-0.1, -0.05) is 27.2 Å². The van der Waals surface area contributed by atoms with Crippen molar-refractivity contribution in [2.24, 2.45) is 17.8 Å². The summed E-state index contributed by atoms with van der Waals surface area (Å²) in [4.78, 5) is 0. The van der Waals surface area contributed by atoms with Crippen LogP contribution in [0.2, 0.25) is 0 Å². The lowest BCUT2D eigenvalue weighted by Gasteiger charge is -2.52. The van der Waals surface area contributed by atoms with Gasteiger partial charge in [-0.15, -0.1) is 0 Å². The van der Waals surface area contributed by atoms with E-state index in [1.54, 1.807) is 0 Å². The van der Waals surface area contributed by atoms with Crippen molar-refractivity contribution < 1.29 is 9.47 Å². The first-order valence-corrected chi connectivity index (χ1v) is 5.42. The van der Waals surface area contributed by atoms with E-state index in [0.717, 1.165) is 12.3 Å². The summed E-state index contributed by atoms with van der Waals surface area (Å²) in [6.07, 6.45) is 3.69. The SMILES string of the molecule is CC1CCC(C(C)C)C2(C1)OCO2. The lowest BCUT2D eigenvalue weighted by molar-refractivity contribution is -0.433. The molecule has 2 atom stereocenters. The van der Waals surface area contributed by atoms with Crippen molar-refractivity contribution in [3.63, 3.8) is 0 Å². The van der Waals surface area contributed by atoms with E-state index in [1.165, 1.54) is 12.8 Å². The van der Waals surface area contributed by atoms with E-state index < -0.39 is 0 Å². The molecule has 2 rings (SSSR count). The Balaban J connectivity index is 2.08. The Morgan fingerprint density at radius 2 is 1.92 bits per heavy atom. The zero-order valence-electron chi connectivity index (χ0n) is 8.88. The number of rotatable bonds is 1. The zero-order chi connectivity index (χ0) is 9.47. The molecule has 1 heterocycles. The topological polar surface area (TPSA) is 18.5 Å². The van der Waals surface area contributed by atoms with E-state index in [1.807, 2.05) is 0 Å². The van der Waals surface area contributed by atoms with Gasteiger partial charge in [0, 0.05) is 12.3 Å². The summed E-state index contributed by atoms with van der Waals surface area (Å²) in [6.45, 7) is 7.35. The second-order valence-electron chi connectivity index (χ2n) is 4.96. The molecule has 0 bridgehead atoms. The predicted molar refractivity (Wildman–Crippen MR) is 51.1 cm³/mol. The van der Waals surface area contributed by atoms with E-state index in [4.69, 9.17) is 9.47 Å². The molecule has 0 aromatic heterocycles. The van der Waals surface area contributed by atoms with Gasteiger partial charge in [0.05, 0.1) is 0 Å². The summed E-state index contributed by atoms with van der Waals surface area (Å²) in [6, 6.07) is 0. The van der Waals surface area contributed by atoms with Crippen LogP contribution in [-0.4, -0.2) is 12.6 Å². The fraction of sp³-hybridized carbons (Fsp3) is 1.00. The molecule has 2 aliphatic rings. The van der Waals surface area contributed by atoms with Gasteiger partial charge in [0.1, 0.15) is 0 Å². The van der Waals surface area contributed by atoms with Crippen molar-refractivity contribution in [1.82, 2.24) is 0 Å². The fourth-order valence-electron chi connectivity index (χ4n) is 2.81. The van der Waals surface area contributed by atoms with Gasteiger partial charge < -0.3 is 9.47 Å². The maximum Gasteiger partial charge on any atom is 0.177 e. The molecule has 2 fully saturated rings. The minimum atomic E-state index is -0.189. The van der Waals surface area contributed by atoms with Gasteiger partial charge in [-0.05, 0) is 18.3 Å². The van der Waals surface area contributed by atoms with Crippen LogP contribution in [0.4, 0.5) is 0 Å². The lowest BCUT2D eigenvalue weighted by atomic mass is 9.72. The van der Waals surface area contributed by atoms with Crippen LogP contribution in [0.5, 0.6) is 0 Å². The molecule has 2 heteroatoms. The molecular weight excluding hydrogens is 164 g/mol. The molecule has 0 aromatic rings. The normalized spacial score (nSPS) is 37.8. The molecule has 13 heavy (non-hydrogen) atoms. The minimum absolute atomic E-state index is 0.189. The van der Waals surface area contributed by atoms with Crippen LogP contribution in [0.3, 0.4) is 0 Å². The van der Waals surface area contributed by atoms with Crippen LogP contribution in [0.1, 0.15) is 40.0 Å². The zero-order valence-corrected chi connectivity index (χ0v) is 8.88. The summed E-state index contributed by atoms with van der Waals surface area (Å²) < 4.78 is 11.4. The molecule has 0 amide bonds. The van der Waals surface area contributed by atoms with Crippen molar-refractivity contribution in [3.8, 4) is 0 Å². The maximum atomic E-state index is 5.68. The Hall–Kier alpha value is -0.0800. The fourth-order valence-corrected chi connectivity index (χ4v) is 2.81. The first-order chi connectivity index (χ1) is 6.14. The van der Waals surface area contributed by atoms with Gasteiger partial charge in [0.2, 0.25) is 0 Å². The maximum absolute atomic E-state index is 5.68. The third-order valence-electron chi connectivity index (χ3n) is 3.58. The van der Waals surface area contributed by atoms with Crippen LogP contribution >= 0.6 is 0 Å². The quantitative estimate of drug-likeness (QED) is 0.624. The molecule has 76 valence electrons. The molecule has 1 aliphatic carbocycles. The highest BCUT2D eigenvalue weighted by Gasteiger charge is 2.51. The van der Waals surface area contributed by atoms with E-state index in [-0.39, 0.29) is 5.79 Å². The summed E-state index contributed by atoms with van der Waals surface area (Å²) in [5, 5.41) is 0. The van der Waals surface area contributed by atoms with Crippen LogP contribution in [-0.2, 0) is 9.47 Å². The smallest absolute Gasteiger partial charge is 0.177 e. The van der Waals surface area contributed by atoms with Gasteiger partial charge >= 0.3 is 0 Å². The first-order valence-electron chi connectivity index (χ1n) is 5.42. The molecule has 1 saturated carbocycles. The summed E-state index contributed by atoms with van der Waals surface area (Å²) in [5.74, 6) is 1.85. The average molecular weight is 184 g/mol. The molecular formula is C11H20O2. The highest BCUT2D eigenvalue weighted by Crippen LogP contribution is 2.47. The number of hydrogen-bond donors (Lipinski definition) is 0. The largest absolute Gasteiger partial charge is 0.323 e. The van der Waals surface area contributed by atoms with Crippen molar-refractivity contribution >= 4 is 0 Å². The van der Waals surface area contributed by atoms with Crippen molar-refractivity contribution in [2.75, 3.05) is 6.79 Å². The molecule has 0 aromatic carbocycles. The van der Waals surface area contributed by atoms with Crippen LogP contribution in [0.15, 0.2) is 0 Å². The minimum Gasteiger partial charge on any atom is -0.323 e. The van der Waals surface area contributed by atoms with E-state index in [9.17, 15) is 0 Å². The van der Waals surface area contributed by atoms with E-state index in [0.29, 0.717) is 18.6 Å². The molecule has 1 saturated heterocycles. The second kappa shape index (κ2) is 3.25. The monoisotopic (exact) mass is 184 g/mol. The van der Waals surface area contributed by atoms with Gasteiger partial charge in [-0.2, -0.15) is 0 Å². The Labute approximate surface area is 80.6 Å². The molecule has 0 N–H and O–H groups in total. The van der Waals surface area contributed by atoms with Crippen molar-refractivity contribution in [1.29, 1.82) is 0 Å². The lowest BCUT2D eigenvalue weighted by Crippen LogP contribution is -2.57. The summed E-state index contributed by atoms with van der Waals surface area (Å²) >= 11 is 0. The van der Waals surface area contributed by atoms with Gasteiger partial charge in [-0.25, -0.2) is 0 Å². The molecule has 2 unspecified atom stereocenters. The van der Waals surface area contributed by atoms with Crippen molar-refractivity contribution in [3.05, 3.63) is 0 Å². The molecule has 1 spiro atoms. The van der Waals surface area contributed by atoms with E-state index in [2.05, 4.69) is 20.8 Å². The summed E-state index contributed by atoms with van der Waals surface area (Å²) in [5.41, 5.74) is 0. The Bertz CT molecular complexity index is 185. The van der Waals surface area contributed by atoms with Gasteiger partial charge in [-0.3, -0.25) is 0 Å². The molecule has 1 aliphatic heterocycles. The van der Waals surface area contributed by atoms with E-state index >= 15 is 0 Å². The van der Waals surface area contributed by atoms with Crippen LogP contribution in [0, 0.1) is 17.8 Å². The summed E-state index contributed by atoms with van der Waals surface area (Å²) in [7, 11) is 0. The molecule has 0 radical (unpaired) electrons.